The van der Waals surface area contributed by atoms with Crippen molar-refractivity contribution < 1.29 is 4.79 Å². The molecule has 1 aliphatic rings. The molecule has 2 rings (SSSR count). The van der Waals surface area contributed by atoms with E-state index in [4.69, 9.17) is 4.99 Å². The molecule has 0 spiro atoms. The summed E-state index contributed by atoms with van der Waals surface area (Å²) in [5.74, 6) is 0.933. The van der Waals surface area contributed by atoms with Crippen LogP contribution in [0.25, 0.3) is 0 Å². The number of amides is 1. The Morgan fingerprint density at radius 2 is 1.96 bits per heavy atom. The third-order valence-corrected chi connectivity index (χ3v) is 4.25. The average molecular weight is 458 g/mol. The van der Waals surface area contributed by atoms with Crippen LogP contribution in [0.1, 0.15) is 50.0 Å². The van der Waals surface area contributed by atoms with E-state index in [9.17, 15) is 4.79 Å². The van der Waals surface area contributed by atoms with Crippen LogP contribution in [0.15, 0.2) is 29.3 Å². The molecular formula is C19H31IN4O. The lowest BCUT2D eigenvalue weighted by Crippen LogP contribution is -2.40. The van der Waals surface area contributed by atoms with Gasteiger partial charge in [-0.1, -0.05) is 26.0 Å². The Morgan fingerprint density at radius 1 is 1.24 bits per heavy atom. The largest absolute Gasteiger partial charge is 0.357 e. The number of carbonyl (C=O) groups excluding carboxylic acids is 1. The Kier molecular flexibility index (Phi) is 8.68. The number of halogens is 1. The monoisotopic (exact) mass is 458 g/mol. The van der Waals surface area contributed by atoms with Crippen molar-refractivity contribution in [3.05, 3.63) is 35.4 Å². The van der Waals surface area contributed by atoms with E-state index in [0.29, 0.717) is 24.1 Å². The van der Waals surface area contributed by atoms with Crippen molar-refractivity contribution in [3.8, 4) is 0 Å². The standard InChI is InChI=1S/C19H30N4O.HI/c1-5-20-17(24)16-9-7-8-15(12-16)13-22-18(21-6-2)23-11-10-19(3,4)14-23;/h7-9,12H,5-6,10-11,13-14H2,1-4H3,(H,20,24)(H,21,22);1H. The molecule has 1 aromatic rings. The summed E-state index contributed by atoms with van der Waals surface area (Å²) < 4.78 is 0. The van der Waals surface area contributed by atoms with Gasteiger partial charge in [-0.25, -0.2) is 4.99 Å². The van der Waals surface area contributed by atoms with Crippen LogP contribution in [0.5, 0.6) is 0 Å². The maximum Gasteiger partial charge on any atom is 0.251 e. The zero-order valence-corrected chi connectivity index (χ0v) is 18.1. The highest BCUT2D eigenvalue weighted by Gasteiger charge is 2.30. The summed E-state index contributed by atoms with van der Waals surface area (Å²) >= 11 is 0. The van der Waals surface area contributed by atoms with Crippen molar-refractivity contribution in [1.82, 2.24) is 15.5 Å². The first kappa shape index (κ1) is 21.7. The van der Waals surface area contributed by atoms with Crippen LogP contribution in [0.3, 0.4) is 0 Å². The number of carbonyl (C=O) groups is 1. The van der Waals surface area contributed by atoms with Gasteiger partial charge in [-0.3, -0.25) is 4.79 Å². The number of hydrogen-bond donors (Lipinski definition) is 2. The van der Waals surface area contributed by atoms with E-state index >= 15 is 0 Å². The van der Waals surface area contributed by atoms with Gasteiger partial charge in [-0.15, -0.1) is 24.0 Å². The molecule has 1 saturated heterocycles. The smallest absolute Gasteiger partial charge is 0.251 e. The van der Waals surface area contributed by atoms with Crippen molar-refractivity contribution in [2.24, 2.45) is 10.4 Å². The molecule has 0 aliphatic carbocycles. The molecule has 2 N–H and O–H groups in total. The maximum atomic E-state index is 12.0. The summed E-state index contributed by atoms with van der Waals surface area (Å²) in [6, 6.07) is 7.70. The zero-order valence-electron chi connectivity index (χ0n) is 15.8. The minimum absolute atomic E-state index is 0. The van der Waals surface area contributed by atoms with Crippen molar-refractivity contribution in [2.45, 2.75) is 40.7 Å². The van der Waals surface area contributed by atoms with Crippen molar-refractivity contribution in [1.29, 1.82) is 0 Å². The summed E-state index contributed by atoms with van der Waals surface area (Å²) in [5.41, 5.74) is 2.08. The van der Waals surface area contributed by atoms with Gasteiger partial charge in [0.15, 0.2) is 5.96 Å². The van der Waals surface area contributed by atoms with Gasteiger partial charge in [0.25, 0.3) is 5.91 Å². The third-order valence-electron chi connectivity index (χ3n) is 4.25. The van der Waals surface area contributed by atoms with Gasteiger partial charge in [0.1, 0.15) is 0 Å². The quantitative estimate of drug-likeness (QED) is 0.405. The molecule has 0 aromatic heterocycles. The van der Waals surface area contributed by atoms with E-state index in [1.165, 1.54) is 6.42 Å². The van der Waals surface area contributed by atoms with Crippen LogP contribution in [-0.4, -0.2) is 42.9 Å². The van der Waals surface area contributed by atoms with E-state index < -0.39 is 0 Å². The Hall–Kier alpha value is -1.31. The van der Waals surface area contributed by atoms with E-state index in [1.54, 1.807) is 0 Å². The Labute approximate surface area is 168 Å². The minimum atomic E-state index is -0.0310. The summed E-state index contributed by atoms with van der Waals surface area (Å²) in [5, 5.41) is 6.22. The van der Waals surface area contributed by atoms with Gasteiger partial charge in [0, 0.05) is 31.7 Å². The summed E-state index contributed by atoms with van der Waals surface area (Å²) in [6.45, 7) is 12.7. The Balaban J connectivity index is 0.00000312. The number of aliphatic imine (C=N–C) groups is 1. The van der Waals surface area contributed by atoms with Gasteiger partial charge in [0.05, 0.1) is 6.54 Å². The molecular weight excluding hydrogens is 427 g/mol. The molecule has 0 radical (unpaired) electrons. The number of nitrogens with zero attached hydrogens (tertiary/aromatic N) is 2. The molecule has 0 unspecified atom stereocenters. The topological polar surface area (TPSA) is 56.7 Å². The molecule has 1 amide bonds. The fraction of sp³-hybridized carbons (Fsp3) is 0.579. The third kappa shape index (κ3) is 6.49. The van der Waals surface area contributed by atoms with Gasteiger partial charge < -0.3 is 15.5 Å². The molecule has 1 aromatic carbocycles. The molecule has 25 heavy (non-hydrogen) atoms. The molecule has 1 heterocycles. The first-order valence-corrected chi connectivity index (χ1v) is 8.85. The van der Waals surface area contributed by atoms with Crippen LogP contribution in [0.4, 0.5) is 0 Å². The first-order valence-electron chi connectivity index (χ1n) is 8.85. The Morgan fingerprint density at radius 3 is 2.56 bits per heavy atom. The highest BCUT2D eigenvalue weighted by Crippen LogP contribution is 2.28. The lowest BCUT2D eigenvalue weighted by atomic mass is 9.93. The van der Waals surface area contributed by atoms with Gasteiger partial charge in [0.2, 0.25) is 0 Å². The number of hydrogen-bond acceptors (Lipinski definition) is 2. The number of rotatable bonds is 5. The lowest BCUT2D eigenvalue weighted by Gasteiger charge is -2.23. The van der Waals surface area contributed by atoms with Crippen molar-refractivity contribution in [2.75, 3.05) is 26.2 Å². The SMILES string of the molecule is CCNC(=O)c1cccc(CN=C(NCC)N2CCC(C)(C)C2)c1.I. The summed E-state index contributed by atoms with van der Waals surface area (Å²) in [6.07, 6.45) is 1.18. The van der Waals surface area contributed by atoms with Crippen LogP contribution < -0.4 is 10.6 Å². The molecule has 140 valence electrons. The number of benzene rings is 1. The predicted molar refractivity (Wildman–Crippen MR) is 115 cm³/mol. The summed E-state index contributed by atoms with van der Waals surface area (Å²) in [7, 11) is 0. The predicted octanol–water partition coefficient (Wildman–Crippen LogP) is 3.25. The highest BCUT2D eigenvalue weighted by molar-refractivity contribution is 14.0. The average Bonchev–Trinajstić information content (AvgIpc) is 2.92. The molecule has 0 atom stereocenters. The van der Waals surface area contributed by atoms with E-state index in [2.05, 4.69) is 36.3 Å². The molecule has 0 saturated carbocycles. The molecule has 6 heteroatoms. The van der Waals surface area contributed by atoms with Crippen LogP contribution in [0.2, 0.25) is 0 Å². The fourth-order valence-electron chi connectivity index (χ4n) is 2.96. The van der Waals surface area contributed by atoms with Crippen molar-refractivity contribution >= 4 is 35.8 Å². The lowest BCUT2D eigenvalue weighted by molar-refractivity contribution is 0.0955. The molecule has 1 fully saturated rings. The molecule has 5 nitrogen and oxygen atoms in total. The fourth-order valence-corrected chi connectivity index (χ4v) is 2.96. The van der Waals surface area contributed by atoms with E-state index in [1.807, 2.05) is 31.2 Å². The first-order chi connectivity index (χ1) is 11.4. The van der Waals surface area contributed by atoms with E-state index in [-0.39, 0.29) is 29.9 Å². The van der Waals surface area contributed by atoms with Crippen LogP contribution in [-0.2, 0) is 6.54 Å². The van der Waals surface area contributed by atoms with Gasteiger partial charge >= 0.3 is 0 Å². The number of likely N-dealkylation sites (tertiary alicyclic amines) is 1. The Bertz CT molecular complexity index is 601. The zero-order chi connectivity index (χ0) is 17.6. The van der Waals surface area contributed by atoms with Gasteiger partial charge in [-0.2, -0.15) is 0 Å². The maximum absolute atomic E-state index is 12.0. The normalized spacial score (nSPS) is 16.3. The second-order valence-corrected chi connectivity index (χ2v) is 7.07. The van der Waals surface area contributed by atoms with Crippen molar-refractivity contribution in [3.63, 3.8) is 0 Å². The molecule has 0 bridgehead atoms. The highest BCUT2D eigenvalue weighted by atomic mass is 127. The number of guanidine groups is 1. The minimum Gasteiger partial charge on any atom is -0.357 e. The van der Waals surface area contributed by atoms with Crippen LogP contribution in [0, 0.1) is 5.41 Å². The van der Waals surface area contributed by atoms with Crippen LogP contribution >= 0.6 is 24.0 Å². The number of nitrogens with one attached hydrogen (secondary N) is 2. The van der Waals surface area contributed by atoms with E-state index in [0.717, 1.165) is 31.2 Å². The second-order valence-electron chi connectivity index (χ2n) is 7.07. The molecule has 1 aliphatic heterocycles. The second kappa shape index (κ2) is 9.99. The van der Waals surface area contributed by atoms with Gasteiger partial charge in [-0.05, 0) is 43.4 Å². The summed E-state index contributed by atoms with van der Waals surface area (Å²) in [4.78, 5) is 19.1.